The Morgan fingerprint density at radius 2 is 1.80 bits per heavy atom. The highest BCUT2D eigenvalue weighted by molar-refractivity contribution is 5.94. The maximum Gasteiger partial charge on any atom is 0.317 e. The van der Waals surface area contributed by atoms with E-state index in [2.05, 4.69) is 10.3 Å². The monoisotopic (exact) mass is 347 g/mol. The molecule has 8 heteroatoms. The van der Waals surface area contributed by atoms with Crippen molar-refractivity contribution in [2.45, 2.75) is 13.3 Å². The Morgan fingerprint density at radius 3 is 2.48 bits per heavy atom. The van der Waals surface area contributed by atoms with Gasteiger partial charge in [0.25, 0.3) is 5.91 Å². The summed E-state index contributed by atoms with van der Waals surface area (Å²) in [4.78, 5) is 45.2. The fourth-order valence-corrected chi connectivity index (χ4v) is 2.65. The van der Waals surface area contributed by atoms with Crippen molar-refractivity contribution in [3.63, 3.8) is 0 Å². The molecule has 1 aromatic rings. The molecule has 0 atom stereocenters. The topological polar surface area (TPSA) is 85.9 Å². The number of carbonyl (C=O) groups is 3. The Balaban J connectivity index is 1.90. The van der Waals surface area contributed by atoms with Gasteiger partial charge in [-0.25, -0.2) is 4.79 Å². The van der Waals surface area contributed by atoms with Gasteiger partial charge in [-0.3, -0.25) is 14.6 Å². The van der Waals surface area contributed by atoms with E-state index in [1.807, 2.05) is 13.0 Å². The van der Waals surface area contributed by atoms with Crippen LogP contribution in [0.25, 0.3) is 0 Å². The summed E-state index contributed by atoms with van der Waals surface area (Å²) in [5.74, 6) is -0.201. The molecule has 0 aliphatic carbocycles. The van der Waals surface area contributed by atoms with Crippen molar-refractivity contribution in [3.05, 3.63) is 29.6 Å². The number of rotatable bonds is 3. The second-order valence-electron chi connectivity index (χ2n) is 6.33. The molecule has 0 radical (unpaired) electrons. The van der Waals surface area contributed by atoms with Gasteiger partial charge in [-0.2, -0.15) is 0 Å². The lowest BCUT2D eigenvalue weighted by atomic mass is 10.2. The van der Waals surface area contributed by atoms with Crippen molar-refractivity contribution in [1.29, 1.82) is 0 Å². The molecule has 8 nitrogen and oxygen atoms in total. The first kappa shape index (κ1) is 18.7. The molecule has 2 rings (SSSR count). The summed E-state index contributed by atoms with van der Waals surface area (Å²) in [6, 6.07) is 1.52. The minimum Gasteiger partial charge on any atom is -0.339 e. The lowest BCUT2D eigenvalue weighted by Gasteiger charge is -2.22. The van der Waals surface area contributed by atoms with Crippen LogP contribution in [0.5, 0.6) is 0 Å². The second-order valence-corrected chi connectivity index (χ2v) is 6.33. The molecule has 1 aliphatic heterocycles. The number of carbonyl (C=O) groups excluding carboxylic acids is 3. The summed E-state index contributed by atoms with van der Waals surface area (Å²) >= 11 is 0. The van der Waals surface area contributed by atoms with Crippen LogP contribution < -0.4 is 5.32 Å². The highest BCUT2D eigenvalue weighted by Crippen LogP contribution is 2.10. The van der Waals surface area contributed by atoms with Gasteiger partial charge in [0.05, 0.1) is 12.1 Å². The van der Waals surface area contributed by atoms with Gasteiger partial charge in [-0.1, -0.05) is 0 Å². The van der Waals surface area contributed by atoms with Crippen molar-refractivity contribution >= 4 is 17.8 Å². The number of nitrogens with zero attached hydrogens (tertiary/aromatic N) is 4. The lowest BCUT2D eigenvalue weighted by molar-refractivity contribution is -0.129. The first-order chi connectivity index (χ1) is 11.9. The standard InChI is InChI=1S/C17H25N5O3/c1-13-9-14(11-18-10-13)16(24)22-6-4-5-21(7-8-22)15(23)12-19-17(25)20(2)3/h9-11H,4-8,12H2,1-3H3,(H,19,25). The van der Waals surface area contributed by atoms with E-state index < -0.39 is 0 Å². The van der Waals surface area contributed by atoms with Crippen LogP contribution in [0, 0.1) is 6.92 Å². The average Bonchev–Trinajstić information content (AvgIpc) is 2.84. The van der Waals surface area contributed by atoms with Crippen LogP contribution >= 0.6 is 0 Å². The van der Waals surface area contributed by atoms with Gasteiger partial charge >= 0.3 is 6.03 Å². The van der Waals surface area contributed by atoms with Crippen LogP contribution in [0.3, 0.4) is 0 Å². The minimum absolute atomic E-state index is 0.0350. The largest absolute Gasteiger partial charge is 0.339 e. The normalized spacial score (nSPS) is 14.7. The maximum absolute atomic E-state index is 12.6. The molecule has 1 aliphatic rings. The van der Waals surface area contributed by atoms with Crippen molar-refractivity contribution in [1.82, 2.24) is 25.0 Å². The number of pyridine rings is 1. The number of hydrogen-bond acceptors (Lipinski definition) is 4. The van der Waals surface area contributed by atoms with Crippen LogP contribution in [0.4, 0.5) is 4.79 Å². The van der Waals surface area contributed by atoms with Gasteiger partial charge in [-0.05, 0) is 25.0 Å². The number of urea groups is 1. The number of amides is 4. The Bertz CT molecular complexity index is 647. The fraction of sp³-hybridized carbons (Fsp3) is 0.529. The van der Waals surface area contributed by atoms with E-state index in [0.717, 1.165) is 5.56 Å². The van der Waals surface area contributed by atoms with E-state index in [9.17, 15) is 14.4 Å². The number of hydrogen-bond donors (Lipinski definition) is 1. The number of nitrogens with one attached hydrogen (secondary N) is 1. The van der Waals surface area contributed by atoms with E-state index >= 15 is 0 Å². The predicted octanol–water partition coefficient (Wildman–Crippen LogP) is 0.336. The zero-order valence-corrected chi connectivity index (χ0v) is 15.0. The Kier molecular flexibility index (Phi) is 6.32. The van der Waals surface area contributed by atoms with Gasteiger partial charge < -0.3 is 20.0 Å². The Morgan fingerprint density at radius 1 is 1.12 bits per heavy atom. The second kappa shape index (κ2) is 8.46. The van der Waals surface area contributed by atoms with Crippen LogP contribution in [0.1, 0.15) is 22.3 Å². The zero-order chi connectivity index (χ0) is 18.4. The fourth-order valence-electron chi connectivity index (χ4n) is 2.65. The highest BCUT2D eigenvalue weighted by Gasteiger charge is 2.23. The summed E-state index contributed by atoms with van der Waals surface area (Å²) in [6.07, 6.45) is 3.99. The minimum atomic E-state index is -0.299. The molecule has 25 heavy (non-hydrogen) atoms. The quantitative estimate of drug-likeness (QED) is 0.854. The van der Waals surface area contributed by atoms with Crippen LogP contribution in [0.2, 0.25) is 0 Å². The number of aryl methyl sites for hydroxylation is 1. The third kappa shape index (κ3) is 5.17. The molecule has 1 N–H and O–H groups in total. The molecule has 0 aromatic carbocycles. The van der Waals surface area contributed by atoms with Crippen LogP contribution in [-0.4, -0.2) is 84.3 Å². The Labute approximate surface area is 147 Å². The van der Waals surface area contributed by atoms with Crippen LogP contribution in [0.15, 0.2) is 18.5 Å². The molecular weight excluding hydrogens is 322 g/mol. The van der Waals surface area contributed by atoms with Crippen molar-refractivity contribution < 1.29 is 14.4 Å². The van der Waals surface area contributed by atoms with E-state index in [1.54, 1.807) is 36.3 Å². The van der Waals surface area contributed by atoms with Gasteiger partial charge in [-0.15, -0.1) is 0 Å². The molecule has 136 valence electrons. The molecular formula is C17H25N5O3. The van der Waals surface area contributed by atoms with Gasteiger partial charge in [0.1, 0.15) is 0 Å². The zero-order valence-electron chi connectivity index (χ0n) is 15.0. The van der Waals surface area contributed by atoms with Crippen molar-refractivity contribution in [3.8, 4) is 0 Å². The average molecular weight is 347 g/mol. The molecule has 0 spiro atoms. The molecule has 0 bridgehead atoms. The SMILES string of the molecule is Cc1cncc(C(=O)N2CCCN(C(=O)CNC(=O)N(C)C)CC2)c1. The molecule has 0 saturated carbocycles. The highest BCUT2D eigenvalue weighted by atomic mass is 16.2. The third-order valence-electron chi connectivity index (χ3n) is 4.05. The summed E-state index contributed by atoms with van der Waals surface area (Å²) in [6.45, 7) is 3.97. The molecule has 4 amide bonds. The summed E-state index contributed by atoms with van der Waals surface area (Å²) < 4.78 is 0. The van der Waals surface area contributed by atoms with E-state index in [-0.39, 0.29) is 24.4 Å². The Hall–Kier alpha value is -2.64. The number of aromatic nitrogens is 1. The van der Waals surface area contributed by atoms with E-state index in [4.69, 9.17) is 0 Å². The smallest absolute Gasteiger partial charge is 0.317 e. The molecule has 0 unspecified atom stereocenters. The lowest BCUT2D eigenvalue weighted by Crippen LogP contribution is -2.44. The van der Waals surface area contributed by atoms with Crippen molar-refractivity contribution in [2.75, 3.05) is 46.8 Å². The van der Waals surface area contributed by atoms with Gasteiger partial charge in [0.2, 0.25) is 5.91 Å². The van der Waals surface area contributed by atoms with Gasteiger partial charge in [0.15, 0.2) is 0 Å². The van der Waals surface area contributed by atoms with Crippen LogP contribution in [-0.2, 0) is 4.79 Å². The summed E-state index contributed by atoms with van der Waals surface area (Å²) in [5.41, 5.74) is 1.51. The molecule has 1 fully saturated rings. The van der Waals surface area contributed by atoms with Crippen molar-refractivity contribution in [2.24, 2.45) is 0 Å². The molecule has 2 heterocycles. The third-order valence-corrected chi connectivity index (χ3v) is 4.05. The molecule has 1 aromatic heterocycles. The van der Waals surface area contributed by atoms with Gasteiger partial charge in [0, 0.05) is 52.7 Å². The predicted molar refractivity (Wildman–Crippen MR) is 93.2 cm³/mol. The maximum atomic E-state index is 12.6. The first-order valence-corrected chi connectivity index (χ1v) is 8.32. The molecule has 1 saturated heterocycles. The summed E-state index contributed by atoms with van der Waals surface area (Å²) in [5, 5.41) is 2.57. The van der Waals surface area contributed by atoms with E-state index in [0.29, 0.717) is 38.2 Å². The first-order valence-electron chi connectivity index (χ1n) is 8.32. The summed E-state index contributed by atoms with van der Waals surface area (Å²) in [7, 11) is 3.24. The van der Waals surface area contributed by atoms with E-state index in [1.165, 1.54) is 4.90 Å².